The normalized spacial score (nSPS) is 19.3. The van der Waals surface area contributed by atoms with Crippen LogP contribution in [0.3, 0.4) is 0 Å². The van der Waals surface area contributed by atoms with Crippen LogP contribution in [0.5, 0.6) is 17.2 Å². The predicted octanol–water partition coefficient (Wildman–Crippen LogP) is 7.59. The van der Waals surface area contributed by atoms with Gasteiger partial charge in [0, 0.05) is 27.9 Å². The molecule has 0 saturated heterocycles. The van der Waals surface area contributed by atoms with Crippen molar-refractivity contribution in [1.29, 1.82) is 0 Å². The number of pyridine rings is 1. The van der Waals surface area contributed by atoms with Crippen molar-refractivity contribution in [3.63, 3.8) is 0 Å². The topological polar surface area (TPSA) is 89.9 Å². The third kappa shape index (κ3) is 6.90. The maximum atomic E-state index is 13.9. The van der Waals surface area contributed by atoms with E-state index in [1.165, 1.54) is 12.1 Å². The number of carbonyl (C=O) groups is 1. The summed E-state index contributed by atoms with van der Waals surface area (Å²) in [6.45, 7) is 12.8. The van der Waals surface area contributed by atoms with Crippen molar-refractivity contribution in [2.24, 2.45) is 5.92 Å². The Morgan fingerprint density at radius 3 is 2.45 bits per heavy atom. The number of nitrogens with one attached hydrogen (secondary N) is 1. The van der Waals surface area contributed by atoms with E-state index in [2.05, 4.69) is 39.3 Å². The molecule has 2 N–H and O–H groups in total. The Hall–Kier alpha value is -3.14. The number of ether oxygens (including phenoxy) is 3. The van der Waals surface area contributed by atoms with E-state index in [0.29, 0.717) is 46.4 Å². The van der Waals surface area contributed by atoms with Crippen LogP contribution in [-0.4, -0.2) is 40.4 Å². The lowest BCUT2D eigenvalue weighted by atomic mass is 9.80. The zero-order valence-electron chi connectivity index (χ0n) is 26.6. The second-order valence-corrected chi connectivity index (χ2v) is 15.0. The second-order valence-electron chi connectivity index (χ2n) is 13.4. The monoisotopic (exact) mass is 622 g/mol. The van der Waals surface area contributed by atoms with Crippen LogP contribution in [0, 0.1) is 11.7 Å². The van der Waals surface area contributed by atoms with Gasteiger partial charge in [0.2, 0.25) is 0 Å². The van der Waals surface area contributed by atoms with Crippen molar-refractivity contribution in [2.45, 2.75) is 89.2 Å². The molecule has 2 unspecified atom stereocenters. The minimum atomic E-state index is -1.44. The van der Waals surface area contributed by atoms with Crippen molar-refractivity contribution < 1.29 is 28.5 Å². The summed E-state index contributed by atoms with van der Waals surface area (Å²) in [6, 6.07) is 13.2. The third-order valence-electron chi connectivity index (χ3n) is 8.23. The lowest BCUT2D eigenvalue weighted by molar-refractivity contribution is 0.0396. The molecule has 0 radical (unpaired) electrons. The first-order chi connectivity index (χ1) is 20.7. The van der Waals surface area contributed by atoms with Gasteiger partial charge in [-0.15, -0.1) is 0 Å². The molecule has 3 aromatic rings. The Balaban J connectivity index is 1.47. The van der Waals surface area contributed by atoms with Crippen molar-refractivity contribution >= 4 is 17.7 Å². The third-order valence-corrected chi connectivity index (χ3v) is 9.31. The number of aromatic nitrogens is 1. The Kier molecular flexibility index (Phi) is 9.04. The van der Waals surface area contributed by atoms with E-state index in [1.54, 1.807) is 56.3 Å². The molecule has 1 aliphatic carbocycles. The number of hydrogen-bond acceptors (Lipinski definition) is 8. The summed E-state index contributed by atoms with van der Waals surface area (Å²) in [6.07, 6.45) is 2.49. The van der Waals surface area contributed by atoms with E-state index in [9.17, 15) is 14.3 Å². The highest BCUT2D eigenvalue weighted by molar-refractivity contribution is 7.98. The lowest BCUT2D eigenvalue weighted by Crippen LogP contribution is -2.46. The molecule has 2 heterocycles. The fraction of sp³-hybridized carbons (Fsp3) is 0.486. The summed E-state index contributed by atoms with van der Waals surface area (Å²) < 4.78 is 35.3. The van der Waals surface area contributed by atoms with Gasteiger partial charge >= 0.3 is 0 Å². The molecular formula is C35H43FN2O5S. The first-order valence-corrected chi connectivity index (χ1v) is 16.0. The average molecular weight is 623 g/mol. The maximum absolute atomic E-state index is 13.9. The zero-order chi connectivity index (χ0) is 31.9. The van der Waals surface area contributed by atoms with Gasteiger partial charge in [0.25, 0.3) is 0 Å². The van der Waals surface area contributed by atoms with Crippen LogP contribution >= 0.6 is 11.9 Å². The number of benzene rings is 2. The van der Waals surface area contributed by atoms with Crippen LogP contribution in [0.25, 0.3) is 11.3 Å². The van der Waals surface area contributed by atoms with Crippen LogP contribution in [0.4, 0.5) is 4.39 Å². The Morgan fingerprint density at radius 2 is 1.84 bits per heavy atom. The fourth-order valence-electron chi connectivity index (χ4n) is 5.21. The maximum Gasteiger partial charge on any atom is 0.163 e. The first kappa shape index (κ1) is 32.3. The summed E-state index contributed by atoms with van der Waals surface area (Å²) in [7, 11) is 1.56. The minimum absolute atomic E-state index is 0.0585. The number of halogens is 1. The van der Waals surface area contributed by atoms with E-state index < -0.39 is 11.1 Å². The molecule has 1 aliphatic heterocycles. The molecule has 2 aliphatic rings. The van der Waals surface area contributed by atoms with Gasteiger partial charge in [-0.05, 0) is 101 Å². The Morgan fingerprint density at radius 1 is 1.14 bits per heavy atom. The van der Waals surface area contributed by atoms with E-state index in [1.807, 2.05) is 6.07 Å². The molecule has 7 nitrogen and oxygen atoms in total. The highest BCUT2D eigenvalue weighted by Crippen LogP contribution is 2.49. The van der Waals surface area contributed by atoms with E-state index >= 15 is 0 Å². The van der Waals surface area contributed by atoms with Crippen molar-refractivity contribution in [2.75, 3.05) is 13.7 Å². The number of Topliss-reactive ketones (excluding diaryl/α,β-unsaturated/α-hetero) is 1. The van der Waals surface area contributed by atoms with Crippen LogP contribution in [0.1, 0.15) is 88.8 Å². The number of aliphatic hydroxyl groups is 1. The summed E-state index contributed by atoms with van der Waals surface area (Å²) in [5, 5.41) is 11.9. The molecule has 44 heavy (non-hydrogen) atoms. The largest absolute Gasteiger partial charge is 0.493 e. The van der Waals surface area contributed by atoms with Gasteiger partial charge in [-0.1, -0.05) is 25.8 Å². The Labute approximate surface area is 264 Å². The smallest absolute Gasteiger partial charge is 0.163 e. The number of carbonyl (C=O) groups excluding carboxylic acids is 1. The molecule has 1 fully saturated rings. The standard InChI is InChI=1S/C35H43FN2O5S/c1-21(2)35(38-44-33(3,4)5)20-42-32-26(35)19-30(37-31(32)22-8-11-24(36)12-9-22)34(6,40)17-16-27(39)23-10-15-28(29(18-23)41-7)43-25-13-14-25/h8-12,15,18-19,21,25,38,40H,13-14,16-17,20H2,1-7H3. The molecule has 1 aromatic heterocycles. The van der Waals surface area contributed by atoms with Crippen LogP contribution < -0.4 is 18.9 Å². The Bertz CT molecular complexity index is 1510. The summed E-state index contributed by atoms with van der Waals surface area (Å²) in [4.78, 5) is 18.2. The molecule has 2 atom stereocenters. The molecule has 236 valence electrons. The molecular weight excluding hydrogens is 579 g/mol. The van der Waals surface area contributed by atoms with Gasteiger partial charge in [0.05, 0.1) is 24.4 Å². The zero-order valence-corrected chi connectivity index (χ0v) is 27.4. The molecule has 0 bridgehead atoms. The van der Waals surface area contributed by atoms with Crippen LogP contribution in [0.2, 0.25) is 0 Å². The van der Waals surface area contributed by atoms with Gasteiger partial charge in [-0.25, -0.2) is 14.1 Å². The summed E-state index contributed by atoms with van der Waals surface area (Å²) in [5.74, 6) is 1.42. The van der Waals surface area contributed by atoms with Crippen LogP contribution in [-0.2, 0) is 11.1 Å². The van der Waals surface area contributed by atoms with E-state index in [4.69, 9.17) is 19.2 Å². The molecule has 1 saturated carbocycles. The molecule has 0 amide bonds. The van der Waals surface area contributed by atoms with Gasteiger partial charge < -0.3 is 19.3 Å². The lowest BCUT2D eigenvalue weighted by Gasteiger charge is -2.36. The van der Waals surface area contributed by atoms with Gasteiger partial charge in [0.15, 0.2) is 23.0 Å². The van der Waals surface area contributed by atoms with Gasteiger partial charge in [-0.2, -0.15) is 0 Å². The molecule has 0 spiro atoms. The van der Waals surface area contributed by atoms with Gasteiger partial charge in [-0.3, -0.25) is 4.79 Å². The number of hydrogen-bond donors (Lipinski definition) is 2. The van der Waals surface area contributed by atoms with Crippen molar-refractivity contribution in [1.82, 2.24) is 9.71 Å². The van der Waals surface area contributed by atoms with E-state index in [-0.39, 0.29) is 41.2 Å². The highest BCUT2D eigenvalue weighted by Gasteiger charge is 2.47. The van der Waals surface area contributed by atoms with Crippen LogP contribution in [0.15, 0.2) is 48.5 Å². The van der Waals surface area contributed by atoms with E-state index in [0.717, 1.165) is 18.4 Å². The number of methoxy groups -OCH3 is 1. The predicted molar refractivity (Wildman–Crippen MR) is 172 cm³/mol. The first-order valence-electron chi connectivity index (χ1n) is 15.2. The fourth-order valence-corrected chi connectivity index (χ4v) is 6.10. The minimum Gasteiger partial charge on any atom is -0.493 e. The summed E-state index contributed by atoms with van der Waals surface area (Å²) in [5.41, 5.74) is 1.01. The van der Waals surface area contributed by atoms with Gasteiger partial charge in [0.1, 0.15) is 23.7 Å². The quantitative estimate of drug-likeness (QED) is 0.158. The average Bonchev–Trinajstić information content (AvgIpc) is 3.71. The highest BCUT2D eigenvalue weighted by atomic mass is 32.2. The molecule has 5 rings (SSSR count). The molecule has 2 aromatic carbocycles. The van der Waals surface area contributed by atoms with Crippen molar-refractivity contribution in [3.8, 4) is 28.5 Å². The SMILES string of the molecule is COc1cc(C(=O)CCC(C)(O)c2cc3c(c(-c4ccc(F)cc4)n2)OCC3(NSC(C)(C)C)C(C)C)ccc1OC1CC1. The number of nitrogens with zero attached hydrogens (tertiary/aromatic N) is 1. The molecule has 9 heteroatoms. The second kappa shape index (κ2) is 12.3. The number of fused-ring (bicyclic) bond motifs is 1. The number of rotatable bonds is 12. The number of ketones is 1. The summed E-state index contributed by atoms with van der Waals surface area (Å²) >= 11 is 1.63. The van der Waals surface area contributed by atoms with Crippen molar-refractivity contribution in [3.05, 3.63) is 71.2 Å².